The number of rotatable bonds is 6. The zero-order valence-electron chi connectivity index (χ0n) is 12.8. The molecule has 0 aromatic heterocycles. The maximum atomic E-state index is 9.88. The number of nitrogens with zero attached hydrogens (tertiary/aromatic N) is 1. The van der Waals surface area contributed by atoms with E-state index < -0.39 is 0 Å². The standard InChI is InChI=1S/C17H28N2O/c1-3-15(2)18-17(14-20)10-7-11-19(13-17)12-16-8-5-4-6-9-16/h4-6,8-9,15,18,20H,3,7,10-14H2,1-2H3. The molecule has 1 aliphatic rings. The summed E-state index contributed by atoms with van der Waals surface area (Å²) in [5.74, 6) is 0. The van der Waals surface area contributed by atoms with Gasteiger partial charge in [0.05, 0.1) is 12.1 Å². The average Bonchev–Trinajstić information content (AvgIpc) is 2.48. The molecule has 0 bridgehead atoms. The third kappa shape index (κ3) is 4.05. The van der Waals surface area contributed by atoms with E-state index in [1.165, 1.54) is 5.56 Å². The number of nitrogens with one attached hydrogen (secondary N) is 1. The maximum absolute atomic E-state index is 9.88. The van der Waals surface area contributed by atoms with Gasteiger partial charge < -0.3 is 10.4 Å². The minimum atomic E-state index is -0.123. The molecule has 2 rings (SSSR count). The lowest BCUT2D eigenvalue weighted by molar-refractivity contribution is 0.0560. The highest BCUT2D eigenvalue weighted by atomic mass is 16.3. The summed E-state index contributed by atoms with van der Waals surface area (Å²) in [6.45, 7) is 7.65. The topological polar surface area (TPSA) is 35.5 Å². The van der Waals surface area contributed by atoms with Crippen LogP contribution < -0.4 is 5.32 Å². The van der Waals surface area contributed by atoms with Crippen LogP contribution in [0.15, 0.2) is 30.3 Å². The molecule has 1 fully saturated rings. The molecule has 1 saturated heterocycles. The van der Waals surface area contributed by atoms with Gasteiger partial charge in [-0.1, -0.05) is 37.3 Å². The molecule has 112 valence electrons. The van der Waals surface area contributed by atoms with Crippen molar-refractivity contribution in [2.75, 3.05) is 19.7 Å². The summed E-state index contributed by atoms with van der Waals surface area (Å²) in [6, 6.07) is 11.1. The fourth-order valence-corrected chi connectivity index (χ4v) is 3.12. The SMILES string of the molecule is CCC(C)NC1(CO)CCCN(Cc2ccccc2)C1. The molecule has 1 aromatic rings. The van der Waals surface area contributed by atoms with Crippen LogP contribution in [0.5, 0.6) is 0 Å². The van der Waals surface area contributed by atoms with Crippen molar-refractivity contribution >= 4 is 0 Å². The number of benzene rings is 1. The quantitative estimate of drug-likeness (QED) is 0.837. The Kier molecular flexibility index (Phi) is 5.58. The van der Waals surface area contributed by atoms with E-state index in [4.69, 9.17) is 0 Å². The van der Waals surface area contributed by atoms with Gasteiger partial charge >= 0.3 is 0 Å². The monoisotopic (exact) mass is 276 g/mol. The minimum Gasteiger partial charge on any atom is -0.394 e. The van der Waals surface area contributed by atoms with Crippen LogP contribution in [0.2, 0.25) is 0 Å². The van der Waals surface area contributed by atoms with Crippen molar-refractivity contribution in [2.45, 2.75) is 51.2 Å². The lowest BCUT2D eigenvalue weighted by Crippen LogP contribution is -2.61. The van der Waals surface area contributed by atoms with Crippen LogP contribution in [0, 0.1) is 0 Å². The molecule has 3 heteroatoms. The van der Waals surface area contributed by atoms with E-state index in [9.17, 15) is 5.11 Å². The van der Waals surface area contributed by atoms with E-state index in [2.05, 4.69) is 54.4 Å². The molecule has 20 heavy (non-hydrogen) atoms. The van der Waals surface area contributed by atoms with E-state index in [0.717, 1.165) is 38.9 Å². The summed E-state index contributed by atoms with van der Waals surface area (Å²) in [4.78, 5) is 2.46. The van der Waals surface area contributed by atoms with Gasteiger partial charge in [0.15, 0.2) is 0 Å². The number of aliphatic hydroxyl groups excluding tert-OH is 1. The van der Waals surface area contributed by atoms with Crippen LogP contribution in [0.1, 0.15) is 38.7 Å². The van der Waals surface area contributed by atoms with E-state index >= 15 is 0 Å². The molecular formula is C17H28N2O. The first-order chi connectivity index (χ1) is 9.67. The number of hydrogen-bond acceptors (Lipinski definition) is 3. The second-order valence-corrected chi connectivity index (χ2v) is 6.19. The van der Waals surface area contributed by atoms with Crippen LogP contribution >= 0.6 is 0 Å². The summed E-state index contributed by atoms with van der Waals surface area (Å²) in [5.41, 5.74) is 1.23. The van der Waals surface area contributed by atoms with Crippen molar-refractivity contribution in [1.29, 1.82) is 0 Å². The van der Waals surface area contributed by atoms with E-state index in [0.29, 0.717) is 6.04 Å². The normalized spacial score (nSPS) is 25.6. The van der Waals surface area contributed by atoms with Gasteiger partial charge in [0.25, 0.3) is 0 Å². The minimum absolute atomic E-state index is 0.123. The first-order valence-electron chi connectivity index (χ1n) is 7.82. The predicted octanol–water partition coefficient (Wildman–Crippen LogP) is 2.40. The molecule has 0 aliphatic carbocycles. The average molecular weight is 276 g/mol. The second-order valence-electron chi connectivity index (χ2n) is 6.19. The third-order valence-electron chi connectivity index (χ3n) is 4.37. The molecule has 1 aromatic carbocycles. The van der Waals surface area contributed by atoms with Gasteiger partial charge in [-0.05, 0) is 38.3 Å². The third-order valence-corrected chi connectivity index (χ3v) is 4.37. The fourth-order valence-electron chi connectivity index (χ4n) is 3.12. The Balaban J connectivity index is 1.99. The van der Waals surface area contributed by atoms with Gasteiger partial charge in [-0.2, -0.15) is 0 Å². The van der Waals surface area contributed by atoms with Gasteiger partial charge in [-0.3, -0.25) is 4.90 Å². The molecule has 1 aliphatic heterocycles. The molecule has 2 N–H and O–H groups in total. The zero-order chi connectivity index (χ0) is 14.4. The van der Waals surface area contributed by atoms with Gasteiger partial charge in [0, 0.05) is 19.1 Å². The van der Waals surface area contributed by atoms with E-state index in [-0.39, 0.29) is 12.1 Å². The van der Waals surface area contributed by atoms with Crippen molar-refractivity contribution in [2.24, 2.45) is 0 Å². The molecule has 0 amide bonds. The summed E-state index contributed by atoms with van der Waals surface area (Å²) >= 11 is 0. The molecule has 2 unspecified atom stereocenters. The number of hydrogen-bond donors (Lipinski definition) is 2. The highest BCUT2D eigenvalue weighted by Crippen LogP contribution is 2.23. The Morgan fingerprint density at radius 2 is 2.10 bits per heavy atom. The smallest absolute Gasteiger partial charge is 0.0626 e. The van der Waals surface area contributed by atoms with E-state index in [1.807, 2.05) is 0 Å². The molecule has 0 spiro atoms. The van der Waals surface area contributed by atoms with Gasteiger partial charge in [0.2, 0.25) is 0 Å². The largest absolute Gasteiger partial charge is 0.394 e. The summed E-state index contributed by atoms with van der Waals surface area (Å²) in [5, 5.41) is 13.5. The maximum Gasteiger partial charge on any atom is 0.0626 e. The molecule has 3 nitrogen and oxygen atoms in total. The summed E-state index contributed by atoms with van der Waals surface area (Å²) < 4.78 is 0. The van der Waals surface area contributed by atoms with Crippen molar-refractivity contribution in [3.05, 3.63) is 35.9 Å². The molecule has 0 radical (unpaired) electrons. The molecule has 1 heterocycles. The number of likely N-dealkylation sites (tertiary alicyclic amines) is 1. The highest BCUT2D eigenvalue weighted by molar-refractivity contribution is 5.14. The number of aliphatic hydroxyl groups is 1. The van der Waals surface area contributed by atoms with Crippen LogP contribution in [0.3, 0.4) is 0 Å². The van der Waals surface area contributed by atoms with Crippen LogP contribution in [-0.4, -0.2) is 41.3 Å². The Bertz CT molecular complexity index is 395. The Morgan fingerprint density at radius 1 is 1.35 bits per heavy atom. The summed E-state index contributed by atoms with van der Waals surface area (Å²) in [6.07, 6.45) is 3.32. The van der Waals surface area contributed by atoms with E-state index in [1.54, 1.807) is 0 Å². The molecular weight excluding hydrogens is 248 g/mol. The van der Waals surface area contributed by atoms with Crippen molar-refractivity contribution in [3.8, 4) is 0 Å². The number of piperidine rings is 1. The first kappa shape index (κ1) is 15.5. The van der Waals surface area contributed by atoms with Crippen molar-refractivity contribution < 1.29 is 5.11 Å². The zero-order valence-corrected chi connectivity index (χ0v) is 12.8. The van der Waals surface area contributed by atoms with Crippen LogP contribution in [-0.2, 0) is 6.54 Å². The Morgan fingerprint density at radius 3 is 2.75 bits per heavy atom. The van der Waals surface area contributed by atoms with Crippen molar-refractivity contribution in [3.63, 3.8) is 0 Å². The molecule has 2 atom stereocenters. The van der Waals surface area contributed by atoms with Crippen LogP contribution in [0.4, 0.5) is 0 Å². The highest BCUT2D eigenvalue weighted by Gasteiger charge is 2.35. The van der Waals surface area contributed by atoms with Gasteiger partial charge in [-0.25, -0.2) is 0 Å². The lowest BCUT2D eigenvalue weighted by Gasteiger charge is -2.44. The van der Waals surface area contributed by atoms with Gasteiger partial charge in [-0.15, -0.1) is 0 Å². The summed E-state index contributed by atoms with van der Waals surface area (Å²) in [7, 11) is 0. The van der Waals surface area contributed by atoms with Gasteiger partial charge in [0.1, 0.15) is 0 Å². The Labute approximate surface area is 123 Å². The predicted molar refractivity (Wildman–Crippen MR) is 83.7 cm³/mol. The Hall–Kier alpha value is -0.900. The first-order valence-corrected chi connectivity index (χ1v) is 7.82. The molecule has 0 saturated carbocycles. The fraction of sp³-hybridized carbons (Fsp3) is 0.647. The van der Waals surface area contributed by atoms with Crippen molar-refractivity contribution in [1.82, 2.24) is 10.2 Å². The lowest BCUT2D eigenvalue weighted by atomic mass is 9.88. The van der Waals surface area contributed by atoms with Crippen LogP contribution in [0.25, 0.3) is 0 Å². The second kappa shape index (κ2) is 7.21.